The van der Waals surface area contributed by atoms with Crippen LogP contribution in [0.4, 0.5) is 17.6 Å². The molecule has 0 spiro atoms. The third kappa shape index (κ3) is 3.51. The molecule has 1 N–H and O–H groups in total. The van der Waals surface area contributed by atoms with Gasteiger partial charge in [0.05, 0.1) is 22.3 Å². The molecule has 1 atom stereocenters. The van der Waals surface area contributed by atoms with E-state index < -0.39 is 23.6 Å². The molecule has 2 nitrogen and oxygen atoms in total. The van der Waals surface area contributed by atoms with E-state index >= 15 is 0 Å². The molecule has 0 aliphatic carbocycles. The Kier molecular flexibility index (Phi) is 4.49. The zero-order valence-corrected chi connectivity index (χ0v) is 11.6. The smallest absolute Gasteiger partial charge is 0.308 e. The predicted molar refractivity (Wildman–Crippen MR) is 71.6 cm³/mol. The molecule has 1 heterocycles. The van der Waals surface area contributed by atoms with E-state index in [0.29, 0.717) is 10.7 Å². The van der Waals surface area contributed by atoms with Gasteiger partial charge in [0.1, 0.15) is 5.82 Å². The van der Waals surface area contributed by atoms with E-state index in [1.165, 1.54) is 12.3 Å². The van der Waals surface area contributed by atoms with Gasteiger partial charge < -0.3 is 5.32 Å². The van der Waals surface area contributed by atoms with Gasteiger partial charge in [0, 0.05) is 6.20 Å². The van der Waals surface area contributed by atoms with Crippen molar-refractivity contribution < 1.29 is 17.6 Å². The summed E-state index contributed by atoms with van der Waals surface area (Å²) in [7, 11) is 1.58. The van der Waals surface area contributed by atoms with Crippen molar-refractivity contribution in [3.63, 3.8) is 0 Å². The van der Waals surface area contributed by atoms with Crippen molar-refractivity contribution >= 4 is 11.6 Å². The van der Waals surface area contributed by atoms with Gasteiger partial charge in [-0.15, -0.1) is 0 Å². The largest absolute Gasteiger partial charge is 0.419 e. The van der Waals surface area contributed by atoms with E-state index in [0.717, 1.165) is 12.1 Å². The summed E-state index contributed by atoms with van der Waals surface area (Å²) in [5, 5.41) is 3.28. The third-order valence-corrected chi connectivity index (χ3v) is 3.19. The number of hydrogen-bond acceptors (Lipinski definition) is 2. The van der Waals surface area contributed by atoms with E-state index in [1.54, 1.807) is 19.2 Å². The minimum Gasteiger partial charge on any atom is -0.308 e. The first kappa shape index (κ1) is 15.7. The minimum absolute atomic E-state index is 0.265. The van der Waals surface area contributed by atoms with E-state index in [1.807, 2.05) is 0 Å². The maximum absolute atomic E-state index is 13.3. The van der Waals surface area contributed by atoms with Crippen LogP contribution < -0.4 is 5.32 Å². The molecule has 0 aliphatic heterocycles. The molecule has 2 aromatic rings. The summed E-state index contributed by atoms with van der Waals surface area (Å²) in [5.74, 6) is -1.30. The number of pyridine rings is 1. The second-order valence-electron chi connectivity index (χ2n) is 4.36. The van der Waals surface area contributed by atoms with Gasteiger partial charge in [0.2, 0.25) is 0 Å². The van der Waals surface area contributed by atoms with Crippen LogP contribution >= 0.6 is 11.6 Å². The number of aromatic nitrogens is 1. The Balaban J connectivity index is 2.46. The number of hydrogen-bond donors (Lipinski definition) is 1. The lowest BCUT2D eigenvalue weighted by molar-refractivity contribution is -0.140. The molecule has 0 saturated carbocycles. The molecule has 0 aliphatic rings. The summed E-state index contributed by atoms with van der Waals surface area (Å²) >= 11 is 5.73. The molecule has 1 aromatic carbocycles. The van der Waals surface area contributed by atoms with Gasteiger partial charge in [-0.3, -0.25) is 4.98 Å². The Labute approximate surface area is 123 Å². The van der Waals surface area contributed by atoms with E-state index in [-0.39, 0.29) is 5.56 Å². The average molecular weight is 319 g/mol. The van der Waals surface area contributed by atoms with Crippen molar-refractivity contribution in [1.82, 2.24) is 10.3 Å². The van der Waals surface area contributed by atoms with Crippen LogP contribution in [0, 0.1) is 5.82 Å². The van der Waals surface area contributed by atoms with Gasteiger partial charge in [-0.25, -0.2) is 4.39 Å². The highest BCUT2D eigenvalue weighted by atomic mass is 35.5. The Bertz CT molecular complexity index is 626. The molecule has 1 aromatic heterocycles. The monoisotopic (exact) mass is 318 g/mol. The molecule has 0 fully saturated rings. The van der Waals surface area contributed by atoms with Crippen molar-refractivity contribution in [2.24, 2.45) is 0 Å². The molecule has 7 heteroatoms. The fourth-order valence-electron chi connectivity index (χ4n) is 1.98. The minimum atomic E-state index is -4.74. The van der Waals surface area contributed by atoms with Crippen molar-refractivity contribution in [3.8, 4) is 0 Å². The van der Waals surface area contributed by atoms with Crippen LogP contribution in [0.3, 0.4) is 0 Å². The number of nitrogens with zero attached hydrogens (tertiary/aromatic N) is 1. The molecule has 0 saturated heterocycles. The Morgan fingerprint density at radius 2 is 1.90 bits per heavy atom. The molecular weight excluding hydrogens is 308 g/mol. The van der Waals surface area contributed by atoms with Gasteiger partial charge in [-0.05, 0) is 36.9 Å². The second kappa shape index (κ2) is 5.99. The first-order valence-electron chi connectivity index (χ1n) is 5.98. The van der Waals surface area contributed by atoms with E-state index in [4.69, 9.17) is 11.6 Å². The van der Waals surface area contributed by atoms with Crippen LogP contribution in [0.1, 0.15) is 22.9 Å². The molecule has 112 valence electrons. The summed E-state index contributed by atoms with van der Waals surface area (Å²) in [6.07, 6.45) is -3.35. The lowest BCUT2D eigenvalue weighted by Gasteiger charge is -2.18. The van der Waals surface area contributed by atoms with E-state index in [2.05, 4.69) is 10.3 Å². The van der Waals surface area contributed by atoms with Crippen LogP contribution in [-0.2, 0) is 6.18 Å². The third-order valence-electron chi connectivity index (χ3n) is 2.96. The summed E-state index contributed by atoms with van der Waals surface area (Å²) in [4.78, 5) is 4.07. The number of benzene rings is 1. The molecule has 0 bridgehead atoms. The topological polar surface area (TPSA) is 24.9 Å². The van der Waals surface area contributed by atoms with Crippen LogP contribution in [0.25, 0.3) is 0 Å². The number of halogens is 5. The molecule has 0 amide bonds. The predicted octanol–water partition coefficient (Wildman–Crippen LogP) is 4.20. The highest BCUT2D eigenvalue weighted by molar-refractivity contribution is 6.30. The van der Waals surface area contributed by atoms with Crippen LogP contribution in [0.2, 0.25) is 5.02 Å². The molecule has 0 radical (unpaired) electrons. The van der Waals surface area contributed by atoms with Crippen molar-refractivity contribution in [3.05, 3.63) is 64.2 Å². The van der Waals surface area contributed by atoms with Gasteiger partial charge in [-0.2, -0.15) is 13.2 Å². The fraction of sp³-hybridized carbons (Fsp3) is 0.214. The maximum atomic E-state index is 13.3. The lowest BCUT2D eigenvalue weighted by Crippen LogP contribution is -2.20. The molecule has 1 unspecified atom stereocenters. The SMILES string of the molecule is CNC(c1ccc(F)c(C(F)(F)F)c1)c1ccc(Cl)cn1. The highest BCUT2D eigenvalue weighted by Crippen LogP contribution is 2.33. The lowest BCUT2D eigenvalue weighted by atomic mass is 10.0. The maximum Gasteiger partial charge on any atom is 0.419 e. The van der Waals surface area contributed by atoms with Crippen LogP contribution in [0.15, 0.2) is 36.5 Å². The summed E-state index contributed by atoms with van der Waals surface area (Å²) in [6, 6.07) is 5.47. The van der Waals surface area contributed by atoms with Crippen molar-refractivity contribution in [2.45, 2.75) is 12.2 Å². The first-order chi connectivity index (χ1) is 9.82. The van der Waals surface area contributed by atoms with Gasteiger partial charge in [0.25, 0.3) is 0 Å². The highest BCUT2D eigenvalue weighted by Gasteiger charge is 2.34. The summed E-state index contributed by atoms with van der Waals surface area (Å²) < 4.78 is 51.6. The quantitative estimate of drug-likeness (QED) is 0.858. The zero-order chi connectivity index (χ0) is 15.6. The number of alkyl halides is 3. The Morgan fingerprint density at radius 1 is 1.19 bits per heavy atom. The van der Waals surface area contributed by atoms with Crippen molar-refractivity contribution in [1.29, 1.82) is 0 Å². The zero-order valence-electron chi connectivity index (χ0n) is 10.9. The van der Waals surface area contributed by atoms with Crippen LogP contribution in [-0.4, -0.2) is 12.0 Å². The van der Waals surface area contributed by atoms with Gasteiger partial charge in [-0.1, -0.05) is 17.7 Å². The first-order valence-corrected chi connectivity index (χ1v) is 6.36. The number of rotatable bonds is 3. The Hall–Kier alpha value is -1.66. The standard InChI is InChI=1S/C14H11ClF4N2/c1-20-13(12-5-3-9(15)7-21-12)8-2-4-11(16)10(6-8)14(17,18)19/h2-7,13,20H,1H3. The van der Waals surface area contributed by atoms with Gasteiger partial charge in [0.15, 0.2) is 0 Å². The second-order valence-corrected chi connectivity index (χ2v) is 4.80. The summed E-state index contributed by atoms with van der Waals surface area (Å²) in [5.41, 5.74) is -0.545. The normalized spacial score (nSPS) is 13.2. The van der Waals surface area contributed by atoms with Gasteiger partial charge >= 0.3 is 6.18 Å². The fourth-order valence-corrected chi connectivity index (χ4v) is 2.09. The van der Waals surface area contributed by atoms with E-state index in [9.17, 15) is 17.6 Å². The van der Waals surface area contributed by atoms with Crippen LogP contribution in [0.5, 0.6) is 0 Å². The Morgan fingerprint density at radius 3 is 2.43 bits per heavy atom. The molecular formula is C14H11ClF4N2. The average Bonchev–Trinajstić information content (AvgIpc) is 2.42. The molecule has 21 heavy (non-hydrogen) atoms. The van der Waals surface area contributed by atoms with Crippen molar-refractivity contribution in [2.75, 3.05) is 7.05 Å². The summed E-state index contributed by atoms with van der Waals surface area (Å²) in [6.45, 7) is 0. The number of nitrogens with one attached hydrogen (secondary N) is 1. The molecule has 2 rings (SSSR count).